The normalized spacial score (nSPS) is 15.9. The van der Waals surface area contributed by atoms with E-state index in [-0.39, 0.29) is 5.91 Å². The lowest BCUT2D eigenvalue weighted by molar-refractivity contribution is -0.148. The second-order valence-electron chi connectivity index (χ2n) is 9.72. The molecule has 0 radical (unpaired) electrons. The van der Waals surface area contributed by atoms with Gasteiger partial charge in [0.25, 0.3) is 0 Å². The topological polar surface area (TPSA) is 105 Å². The monoisotopic (exact) mass is 477 g/mol. The highest BCUT2D eigenvalue weighted by atomic mass is 16.5. The van der Waals surface area contributed by atoms with Gasteiger partial charge in [-0.05, 0) is 48.7 Å². The minimum Gasteiger partial charge on any atom is -0.493 e. The number of aliphatic carboxylic acids is 1. The number of rotatable bonds is 7. The van der Waals surface area contributed by atoms with Crippen LogP contribution in [0.1, 0.15) is 49.4 Å². The van der Waals surface area contributed by atoms with Crippen LogP contribution < -0.4 is 10.2 Å². The predicted molar refractivity (Wildman–Crippen MR) is 131 cm³/mol. The molecule has 1 atom stereocenters. The first-order chi connectivity index (χ1) is 16.6. The molecule has 2 heterocycles. The molecule has 0 fully saturated rings. The van der Waals surface area contributed by atoms with Crippen LogP contribution in [0.25, 0.3) is 11.5 Å². The van der Waals surface area contributed by atoms with E-state index in [1.807, 2.05) is 49.4 Å². The molecule has 35 heavy (non-hydrogen) atoms. The number of oxazole rings is 1. The molecule has 3 aromatic rings. The second-order valence-corrected chi connectivity index (χ2v) is 9.72. The van der Waals surface area contributed by atoms with Crippen molar-refractivity contribution in [3.63, 3.8) is 0 Å². The van der Waals surface area contributed by atoms with Gasteiger partial charge >= 0.3 is 5.97 Å². The Bertz CT molecular complexity index is 1210. The summed E-state index contributed by atoms with van der Waals surface area (Å²) in [5.41, 5.74) is 5.46. The zero-order valence-corrected chi connectivity index (χ0v) is 20.5. The first-order valence-electron chi connectivity index (χ1n) is 11.7. The molecule has 8 nitrogen and oxygen atoms in total. The number of carboxylic acids is 1. The SMILES string of the molecule is Cc1oc(-c2ccccc2)nc1CCOc1ccc2c(c1)C(C(=O)O)N(NC(=O)C(C)(C)C)CC2. The van der Waals surface area contributed by atoms with Crippen molar-refractivity contribution in [2.24, 2.45) is 5.41 Å². The molecule has 184 valence electrons. The van der Waals surface area contributed by atoms with Crippen molar-refractivity contribution in [3.05, 3.63) is 71.1 Å². The van der Waals surface area contributed by atoms with Crippen molar-refractivity contribution in [1.29, 1.82) is 0 Å². The van der Waals surface area contributed by atoms with E-state index >= 15 is 0 Å². The highest BCUT2D eigenvalue weighted by Crippen LogP contribution is 2.32. The van der Waals surface area contributed by atoms with E-state index in [2.05, 4.69) is 10.4 Å². The number of benzene rings is 2. The highest BCUT2D eigenvalue weighted by Gasteiger charge is 2.36. The number of fused-ring (bicyclic) bond motifs is 1. The van der Waals surface area contributed by atoms with Gasteiger partial charge in [0, 0.05) is 23.9 Å². The molecule has 2 N–H and O–H groups in total. The van der Waals surface area contributed by atoms with Crippen LogP contribution in [0.5, 0.6) is 5.75 Å². The Morgan fingerprint density at radius 1 is 1.20 bits per heavy atom. The number of amides is 1. The van der Waals surface area contributed by atoms with Crippen molar-refractivity contribution in [1.82, 2.24) is 15.4 Å². The number of carbonyl (C=O) groups is 2. The molecule has 8 heteroatoms. The van der Waals surface area contributed by atoms with Gasteiger partial charge in [-0.1, -0.05) is 45.0 Å². The third kappa shape index (κ3) is 5.54. The molecule has 0 aliphatic carbocycles. The first kappa shape index (κ1) is 24.5. The van der Waals surface area contributed by atoms with Crippen LogP contribution in [0.15, 0.2) is 52.9 Å². The molecule has 0 saturated carbocycles. The van der Waals surface area contributed by atoms with E-state index in [9.17, 15) is 14.7 Å². The van der Waals surface area contributed by atoms with Gasteiger partial charge < -0.3 is 14.3 Å². The Kier molecular flexibility index (Phi) is 6.93. The lowest BCUT2D eigenvalue weighted by Gasteiger charge is -2.36. The fourth-order valence-corrected chi connectivity index (χ4v) is 4.00. The number of ether oxygens (including phenoxy) is 1. The summed E-state index contributed by atoms with van der Waals surface area (Å²) in [6, 6.07) is 14.2. The van der Waals surface area contributed by atoms with Gasteiger partial charge in [-0.15, -0.1) is 0 Å². The Morgan fingerprint density at radius 3 is 2.63 bits per heavy atom. The van der Waals surface area contributed by atoms with Gasteiger partial charge in [-0.3, -0.25) is 15.0 Å². The second kappa shape index (κ2) is 9.92. The summed E-state index contributed by atoms with van der Waals surface area (Å²) < 4.78 is 11.8. The van der Waals surface area contributed by atoms with Gasteiger partial charge in [0.2, 0.25) is 11.8 Å². The minimum absolute atomic E-state index is 0.225. The third-order valence-corrected chi connectivity index (χ3v) is 6.03. The molecule has 0 bridgehead atoms. The Hall–Kier alpha value is -3.65. The van der Waals surface area contributed by atoms with Gasteiger partial charge in [0.15, 0.2) is 6.04 Å². The lowest BCUT2D eigenvalue weighted by atomic mass is 9.92. The fourth-order valence-electron chi connectivity index (χ4n) is 4.00. The average molecular weight is 478 g/mol. The number of aryl methyl sites for hydroxylation is 1. The third-order valence-electron chi connectivity index (χ3n) is 6.03. The number of hydrogen-bond donors (Lipinski definition) is 2. The molecule has 1 aliphatic rings. The maximum atomic E-state index is 12.5. The van der Waals surface area contributed by atoms with Crippen LogP contribution in [0.2, 0.25) is 0 Å². The van der Waals surface area contributed by atoms with Crippen LogP contribution in [0.3, 0.4) is 0 Å². The Morgan fingerprint density at radius 2 is 1.94 bits per heavy atom. The molecule has 2 aromatic carbocycles. The van der Waals surface area contributed by atoms with Gasteiger partial charge in [0.1, 0.15) is 11.5 Å². The van der Waals surface area contributed by atoms with Crippen LogP contribution in [-0.2, 0) is 22.4 Å². The maximum Gasteiger partial charge on any atom is 0.327 e. The lowest BCUT2D eigenvalue weighted by Crippen LogP contribution is -2.53. The molecule has 1 aliphatic heterocycles. The number of nitrogens with one attached hydrogen (secondary N) is 1. The zero-order valence-electron chi connectivity index (χ0n) is 20.5. The quantitative estimate of drug-likeness (QED) is 0.522. The van der Waals surface area contributed by atoms with Crippen molar-refractivity contribution in [2.45, 2.75) is 46.6 Å². The van der Waals surface area contributed by atoms with Crippen molar-refractivity contribution in [2.75, 3.05) is 13.2 Å². The van der Waals surface area contributed by atoms with E-state index in [1.54, 1.807) is 26.8 Å². The first-order valence-corrected chi connectivity index (χ1v) is 11.7. The molecule has 0 spiro atoms. The van der Waals surface area contributed by atoms with Crippen LogP contribution in [0, 0.1) is 12.3 Å². The minimum atomic E-state index is -1.02. The van der Waals surface area contributed by atoms with E-state index in [4.69, 9.17) is 9.15 Å². The Labute approximate surface area is 204 Å². The van der Waals surface area contributed by atoms with Crippen molar-refractivity contribution < 1.29 is 23.8 Å². The number of carboxylic acid groups (broad SMARTS) is 1. The van der Waals surface area contributed by atoms with Gasteiger partial charge in [-0.25, -0.2) is 9.99 Å². The number of hydrazine groups is 1. The van der Waals surface area contributed by atoms with Crippen molar-refractivity contribution >= 4 is 11.9 Å². The molecule has 4 rings (SSSR count). The molecule has 1 amide bonds. The molecular weight excluding hydrogens is 446 g/mol. The summed E-state index contributed by atoms with van der Waals surface area (Å²) in [4.78, 5) is 29.3. The van der Waals surface area contributed by atoms with E-state index in [0.29, 0.717) is 43.2 Å². The van der Waals surface area contributed by atoms with E-state index in [1.165, 1.54) is 5.01 Å². The summed E-state index contributed by atoms with van der Waals surface area (Å²) in [6.07, 6.45) is 1.18. The van der Waals surface area contributed by atoms with Crippen LogP contribution in [-0.4, -0.2) is 40.1 Å². The van der Waals surface area contributed by atoms with Gasteiger partial charge in [-0.2, -0.15) is 0 Å². The summed E-state index contributed by atoms with van der Waals surface area (Å²) in [5, 5.41) is 11.5. The summed E-state index contributed by atoms with van der Waals surface area (Å²) in [7, 11) is 0. The van der Waals surface area contributed by atoms with Crippen molar-refractivity contribution in [3.8, 4) is 17.2 Å². The standard InChI is InChI=1S/C27H31N3O5/c1-17-22(28-24(35-17)19-8-6-5-7-9-19)13-15-34-20-11-10-18-12-14-30(29-26(33)27(2,3)4)23(25(31)32)21(18)16-20/h5-11,16,23H,12-15H2,1-4H3,(H,29,33)(H,31,32). The van der Waals surface area contributed by atoms with E-state index in [0.717, 1.165) is 22.6 Å². The molecule has 0 saturated heterocycles. The zero-order chi connectivity index (χ0) is 25.2. The average Bonchev–Trinajstić information content (AvgIpc) is 3.19. The highest BCUT2D eigenvalue weighted by molar-refractivity contribution is 5.82. The number of aromatic nitrogens is 1. The number of carbonyl (C=O) groups excluding carboxylic acids is 1. The summed E-state index contributed by atoms with van der Waals surface area (Å²) in [5.74, 6) is 0.646. The summed E-state index contributed by atoms with van der Waals surface area (Å²) >= 11 is 0. The predicted octanol–water partition coefficient (Wildman–Crippen LogP) is 4.33. The van der Waals surface area contributed by atoms with Crippen LogP contribution >= 0.6 is 0 Å². The van der Waals surface area contributed by atoms with E-state index < -0.39 is 17.4 Å². The fraction of sp³-hybridized carbons (Fsp3) is 0.370. The number of hydrogen-bond acceptors (Lipinski definition) is 6. The molecular formula is C27H31N3O5. The number of nitrogens with zero attached hydrogens (tertiary/aromatic N) is 2. The molecule has 1 unspecified atom stereocenters. The smallest absolute Gasteiger partial charge is 0.327 e. The Balaban J connectivity index is 1.45. The van der Waals surface area contributed by atoms with Crippen LogP contribution in [0.4, 0.5) is 0 Å². The maximum absolute atomic E-state index is 12.5. The molecule has 1 aromatic heterocycles. The largest absolute Gasteiger partial charge is 0.493 e. The van der Waals surface area contributed by atoms with Gasteiger partial charge in [0.05, 0.1) is 12.3 Å². The summed E-state index contributed by atoms with van der Waals surface area (Å²) in [6.45, 7) is 8.04.